The molecule has 0 aromatic rings. The van der Waals surface area contributed by atoms with E-state index in [1.165, 1.54) is 0 Å². The van der Waals surface area contributed by atoms with Crippen LogP contribution in [-0.2, 0) is 9.47 Å². The molecule has 0 heterocycles. The molecule has 0 aromatic heterocycles. The number of allylic oxidation sites excluding steroid dienone is 9. The third kappa shape index (κ3) is 6.03. The van der Waals surface area contributed by atoms with E-state index in [1.807, 2.05) is 51.2 Å². The molecule has 0 bridgehead atoms. The third-order valence-corrected chi connectivity index (χ3v) is 4.43. The lowest BCUT2D eigenvalue weighted by Crippen LogP contribution is -2.31. The zero-order chi connectivity index (χ0) is 19.7. The second-order valence-corrected chi connectivity index (χ2v) is 6.59. The monoisotopic (exact) mass is 376 g/mol. The van der Waals surface area contributed by atoms with Crippen molar-refractivity contribution < 1.29 is 9.47 Å². The van der Waals surface area contributed by atoms with Crippen LogP contribution in [0.1, 0.15) is 34.1 Å². The number of methoxy groups -OCH3 is 1. The van der Waals surface area contributed by atoms with Crippen LogP contribution in [0.4, 0.5) is 0 Å². The zero-order valence-corrected chi connectivity index (χ0v) is 17.3. The summed E-state index contributed by atoms with van der Waals surface area (Å²) in [4.78, 5) is 8.26. The van der Waals surface area contributed by atoms with Crippen molar-refractivity contribution in [1.82, 2.24) is 0 Å². The Bertz CT molecular complexity index is 697. The van der Waals surface area contributed by atoms with Gasteiger partial charge in [0.15, 0.2) is 6.10 Å². The molecule has 0 spiro atoms. The maximum Gasteiger partial charge on any atom is 0.229 e. The Morgan fingerprint density at radius 1 is 1.38 bits per heavy atom. The molecule has 0 saturated heterocycles. The van der Waals surface area contributed by atoms with Crippen molar-refractivity contribution in [1.29, 1.82) is 0 Å². The smallest absolute Gasteiger partial charge is 0.229 e. The molecule has 26 heavy (non-hydrogen) atoms. The molecule has 0 N–H and O–H groups in total. The molecule has 1 aliphatic rings. The average Bonchev–Trinajstić information content (AvgIpc) is 2.61. The molecule has 0 aliphatic heterocycles. The molecule has 0 saturated carbocycles. The lowest BCUT2D eigenvalue weighted by Gasteiger charge is -2.28. The number of aliphatic imine (C=N–C) groups is 2. The molecule has 2 atom stereocenters. The number of hydrogen-bond acceptors (Lipinski definition) is 4. The van der Waals surface area contributed by atoms with Crippen LogP contribution in [0.15, 0.2) is 68.0 Å². The van der Waals surface area contributed by atoms with Gasteiger partial charge in [-0.25, -0.2) is 0 Å². The maximum absolute atomic E-state index is 6.25. The van der Waals surface area contributed by atoms with Crippen LogP contribution in [0.25, 0.3) is 0 Å². The van der Waals surface area contributed by atoms with E-state index in [-0.39, 0.29) is 5.92 Å². The highest BCUT2D eigenvalue weighted by molar-refractivity contribution is 6.29. The van der Waals surface area contributed by atoms with Crippen molar-refractivity contribution in [2.75, 3.05) is 14.2 Å². The van der Waals surface area contributed by atoms with E-state index in [0.29, 0.717) is 5.90 Å². The number of ether oxygens (including phenoxy) is 2. The predicted molar refractivity (Wildman–Crippen MR) is 112 cm³/mol. The zero-order valence-electron chi connectivity index (χ0n) is 16.5. The van der Waals surface area contributed by atoms with Gasteiger partial charge in [-0.1, -0.05) is 36.8 Å². The summed E-state index contributed by atoms with van der Waals surface area (Å²) < 4.78 is 11.7. The number of halogens is 1. The molecule has 0 fully saturated rings. The summed E-state index contributed by atoms with van der Waals surface area (Å²) in [6.45, 7) is 11.5. The first-order valence-corrected chi connectivity index (χ1v) is 8.97. The summed E-state index contributed by atoms with van der Waals surface area (Å²) in [7, 11) is 3.30. The largest absolute Gasteiger partial charge is 0.481 e. The summed E-state index contributed by atoms with van der Waals surface area (Å²) in [5.41, 5.74) is 2.86. The van der Waals surface area contributed by atoms with E-state index in [2.05, 4.69) is 23.6 Å². The van der Waals surface area contributed by atoms with E-state index in [4.69, 9.17) is 21.1 Å². The molecule has 5 heteroatoms. The fraction of sp³-hybridized carbons (Fsp3) is 0.429. The highest BCUT2D eigenvalue weighted by Gasteiger charge is 2.29. The lowest BCUT2D eigenvalue weighted by atomic mass is 9.89. The van der Waals surface area contributed by atoms with E-state index in [1.54, 1.807) is 14.2 Å². The van der Waals surface area contributed by atoms with Gasteiger partial charge < -0.3 is 9.47 Å². The number of rotatable bonds is 7. The van der Waals surface area contributed by atoms with Crippen LogP contribution < -0.4 is 0 Å². The van der Waals surface area contributed by atoms with E-state index in [0.717, 1.165) is 34.1 Å². The van der Waals surface area contributed by atoms with Crippen molar-refractivity contribution in [3.8, 4) is 0 Å². The van der Waals surface area contributed by atoms with Gasteiger partial charge >= 0.3 is 0 Å². The van der Waals surface area contributed by atoms with Gasteiger partial charge in [0.2, 0.25) is 5.90 Å². The summed E-state index contributed by atoms with van der Waals surface area (Å²) in [5, 5.41) is 0.839. The summed E-state index contributed by atoms with van der Waals surface area (Å²) in [6.07, 6.45) is 10.2. The number of hydrogen-bond donors (Lipinski definition) is 0. The molecule has 4 nitrogen and oxygen atoms in total. The minimum atomic E-state index is -0.402. The normalized spacial score (nSPS) is 21.0. The minimum absolute atomic E-state index is 0.235. The second kappa shape index (κ2) is 10.8. The Morgan fingerprint density at radius 2 is 2.08 bits per heavy atom. The van der Waals surface area contributed by atoms with Gasteiger partial charge in [0.25, 0.3) is 0 Å². The molecule has 1 rings (SSSR count). The summed E-state index contributed by atoms with van der Waals surface area (Å²) in [5.74, 6) is 1.50. The predicted octanol–water partition coefficient (Wildman–Crippen LogP) is 5.59. The van der Waals surface area contributed by atoms with Gasteiger partial charge in [0.05, 0.1) is 12.9 Å². The van der Waals surface area contributed by atoms with Crippen LogP contribution in [0, 0.1) is 5.92 Å². The van der Waals surface area contributed by atoms with Crippen molar-refractivity contribution in [3.63, 3.8) is 0 Å². The highest BCUT2D eigenvalue weighted by atomic mass is 35.5. The van der Waals surface area contributed by atoms with E-state index in [9.17, 15) is 0 Å². The Morgan fingerprint density at radius 3 is 2.58 bits per heavy atom. The highest BCUT2D eigenvalue weighted by Crippen LogP contribution is 2.31. The van der Waals surface area contributed by atoms with Crippen LogP contribution in [-0.4, -0.2) is 32.9 Å². The van der Waals surface area contributed by atoms with Gasteiger partial charge in [-0.15, -0.1) is 0 Å². The van der Waals surface area contributed by atoms with Crippen molar-refractivity contribution in [2.24, 2.45) is 15.9 Å². The Hall–Kier alpha value is -2.07. The maximum atomic E-state index is 6.25. The molecule has 1 unspecified atom stereocenters. The number of nitrogens with zero attached hydrogens (tertiary/aromatic N) is 2. The van der Waals surface area contributed by atoms with Crippen LogP contribution in [0.5, 0.6) is 0 Å². The van der Waals surface area contributed by atoms with Gasteiger partial charge in [-0.2, -0.15) is 0 Å². The molecular weight excluding hydrogens is 348 g/mol. The first-order chi connectivity index (χ1) is 12.4. The van der Waals surface area contributed by atoms with Gasteiger partial charge in [0.1, 0.15) is 0 Å². The summed E-state index contributed by atoms with van der Waals surface area (Å²) in [6, 6.07) is 0. The van der Waals surface area contributed by atoms with Gasteiger partial charge in [-0.3, -0.25) is 9.98 Å². The van der Waals surface area contributed by atoms with Crippen LogP contribution in [0.3, 0.4) is 0 Å². The molecule has 0 amide bonds. The van der Waals surface area contributed by atoms with Crippen molar-refractivity contribution in [3.05, 3.63) is 58.0 Å². The quantitative estimate of drug-likeness (QED) is 0.251. The van der Waals surface area contributed by atoms with E-state index >= 15 is 0 Å². The first-order valence-electron chi connectivity index (χ1n) is 8.59. The van der Waals surface area contributed by atoms with E-state index < -0.39 is 6.10 Å². The third-order valence-electron chi connectivity index (χ3n) is 4.15. The fourth-order valence-corrected chi connectivity index (χ4v) is 3.03. The second-order valence-electron chi connectivity index (χ2n) is 6.10. The Balaban J connectivity index is 3.26. The van der Waals surface area contributed by atoms with Gasteiger partial charge in [-0.05, 0) is 63.1 Å². The summed E-state index contributed by atoms with van der Waals surface area (Å²) >= 11 is 6.16. The molecule has 0 aromatic carbocycles. The van der Waals surface area contributed by atoms with Crippen LogP contribution in [0.2, 0.25) is 0 Å². The Kier molecular flexibility index (Phi) is 9.14. The molecular formula is C21H29ClN2O2. The Labute approximate surface area is 162 Å². The topological polar surface area (TPSA) is 43.2 Å². The first kappa shape index (κ1) is 22.0. The molecule has 0 radical (unpaired) electrons. The average molecular weight is 377 g/mol. The minimum Gasteiger partial charge on any atom is -0.481 e. The standard InChI is InChI=1S/C21H29ClN2O2/c1-8-9-17(16(4)23-5)13-15(3)26-20(21(24-6)25-7)19-11-10-18(22)12-14(19)2/h8-11,13-14,20H,5,12H2,1-4,6-7H3/b9-8-,15-13+,17-16+,24-21?/t14-,20?/m0/s1. The SMILES string of the molecule is C=N/C(C)=C(\C=C/C)/C=C(\C)OC(C1=CC=C(Cl)C[C@@H]1C)C(=NC)OC. The lowest BCUT2D eigenvalue weighted by molar-refractivity contribution is 0.164. The van der Waals surface area contributed by atoms with Gasteiger partial charge in [0, 0.05) is 17.8 Å². The van der Waals surface area contributed by atoms with Crippen molar-refractivity contribution >= 4 is 24.2 Å². The van der Waals surface area contributed by atoms with Crippen molar-refractivity contribution in [2.45, 2.75) is 40.2 Å². The molecule has 142 valence electrons. The fourth-order valence-electron chi connectivity index (χ4n) is 2.73. The molecule has 1 aliphatic carbocycles. The van der Waals surface area contributed by atoms with Crippen LogP contribution >= 0.6 is 11.6 Å².